The molecule has 0 spiro atoms. The van der Waals surface area contributed by atoms with Crippen LogP contribution in [0.15, 0.2) is 194 Å². The zero-order chi connectivity index (χ0) is 36.7. The Morgan fingerprint density at radius 2 is 0.873 bits per heavy atom. The zero-order valence-electron chi connectivity index (χ0n) is 31.0. The fourth-order valence-electron chi connectivity index (χ4n) is 9.84. The first-order valence-electron chi connectivity index (χ1n) is 19.4. The van der Waals surface area contributed by atoms with Crippen LogP contribution in [0.2, 0.25) is 0 Å². The Morgan fingerprint density at radius 3 is 1.65 bits per heavy atom. The van der Waals surface area contributed by atoms with Gasteiger partial charge >= 0.3 is 0 Å². The Bertz CT molecular complexity index is 3160. The highest BCUT2D eigenvalue weighted by molar-refractivity contribution is 6.28. The summed E-state index contributed by atoms with van der Waals surface area (Å²) in [6.07, 6.45) is 0. The number of fused-ring (bicyclic) bond motifs is 9. The van der Waals surface area contributed by atoms with Gasteiger partial charge in [-0.1, -0.05) is 202 Å². The molecule has 10 aromatic rings. The summed E-state index contributed by atoms with van der Waals surface area (Å²) in [5.41, 5.74) is 15.5. The molecular weight excluding hydrogens is 661 g/mol. The van der Waals surface area contributed by atoms with Gasteiger partial charge in [-0.15, -0.1) is 0 Å². The van der Waals surface area contributed by atoms with Gasteiger partial charge in [-0.05, 0) is 116 Å². The summed E-state index contributed by atoms with van der Waals surface area (Å²) < 4.78 is 0. The Labute approximate surface area is 322 Å². The first-order valence-corrected chi connectivity index (χ1v) is 19.4. The topological polar surface area (TPSA) is 0 Å². The van der Waals surface area contributed by atoms with E-state index in [1.807, 2.05) is 0 Å². The molecule has 0 nitrogen and oxygen atoms in total. The van der Waals surface area contributed by atoms with E-state index in [4.69, 9.17) is 0 Å². The number of hydrogen-bond donors (Lipinski definition) is 0. The molecule has 0 radical (unpaired) electrons. The summed E-state index contributed by atoms with van der Waals surface area (Å²) in [5, 5.41) is 10.2. The van der Waals surface area contributed by atoms with E-state index in [1.54, 1.807) is 0 Å². The smallest absolute Gasteiger partial charge is 0.0165 e. The number of benzene rings is 10. The molecule has 55 heavy (non-hydrogen) atoms. The number of hydrogen-bond acceptors (Lipinski definition) is 0. The molecule has 10 aromatic carbocycles. The van der Waals surface area contributed by atoms with Gasteiger partial charge in [0.2, 0.25) is 0 Å². The Hall–Kier alpha value is -6.76. The molecule has 0 saturated heterocycles. The van der Waals surface area contributed by atoms with Crippen molar-refractivity contribution in [3.8, 4) is 55.6 Å². The van der Waals surface area contributed by atoms with E-state index in [9.17, 15) is 0 Å². The summed E-state index contributed by atoms with van der Waals surface area (Å²) in [6.45, 7) is 4.75. The van der Waals surface area contributed by atoms with Gasteiger partial charge in [0.1, 0.15) is 0 Å². The predicted octanol–water partition coefficient (Wildman–Crippen LogP) is 15.3. The third kappa shape index (κ3) is 4.71. The second kappa shape index (κ2) is 12.1. The Balaban J connectivity index is 1.15. The molecule has 0 aromatic heterocycles. The number of rotatable bonds is 4. The van der Waals surface area contributed by atoms with Crippen molar-refractivity contribution in [3.05, 3.63) is 205 Å². The molecule has 1 aliphatic carbocycles. The molecule has 0 saturated carbocycles. The molecule has 0 fully saturated rings. The highest BCUT2D eigenvalue weighted by Crippen LogP contribution is 2.52. The summed E-state index contributed by atoms with van der Waals surface area (Å²) >= 11 is 0. The minimum atomic E-state index is -0.0588. The van der Waals surface area contributed by atoms with E-state index in [0.29, 0.717) is 0 Å². The van der Waals surface area contributed by atoms with Crippen molar-refractivity contribution in [2.24, 2.45) is 0 Å². The van der Waals surface area contributed by atoms with Crippen molar-refractivity contribution in [1.29, 1.82) is 0 Å². The lowest BCUT2D eigenvalue weighted by Gasteiger charge is -2.23. The molecule has 0 bridgehead atoms. The molecule has 0 N–H and O–H groups in total. The van der Waals surface area contributed by atoms with Gasteiger partial charge in [-0.3, -0.25) is 0 Å². The maximum absolute atomic E-state index is 2.40. The first kappa shape index (κ1) is 31.7. The van der Waals surface area contributed by atoms with Crippen LogP contribution in [0.25, 0.3) is 98.7 Å². The molecule has 0 atom stereocenters. The summed E-state index contributed by atoms with van der Waals surface area (Å²) in [5.74, 6) is 0. The van der Waals surface area contributed by atoms with Gasteiger partial charge in [0.25, 0.3) is 0 Å². The van der Waals surface area contributed by atoms with E-state index in [1.165, 1.54) is 110 Å². The van der Waals surface area contributed by atoms with Crippen LogP contribution < -0.4 is 0 Å². The van der Waals surface area contributed by atoms with Crippen LogP contribution in [0.5, 0.6) is 0 Å². The van der Waals surface area contributed by atoms with E-state index >= 15 is 0 Å². The standard InChI is InChI=1S/C55H38/c1-55(2)50-27-15-14-23-44(50)48-32-30-38-34-37(29-31-41(38)54(48)55)39-19-8-9-21-42(39)43-22-10-11-24-45(43)52-47-26-13-12-25-46(47)51(36-17-4-3-5-18-36)53-40-20-7-6-16-35(40)28-33-49(52)53/h3-34H,1-2H3. The first-order chi connectivity index (χ1) is 27.1. The van der Waals surface area contributed by atoms with Gasteiger partial charge in [-0.25, -0.2) is 0 Å². The van der Waals surface area contributed by atoms with E-state index < -0.39 is 0 Å². The molecule has 0 heterocycles. The van der Waals surface area contributed by atoms with E-state index in [0.717, 1.165) is 0 Å². The van der Waals surface area contributed by atoms with Crippen LogP contribution in [0.4, 0.5) is 0 Å². The summed E-state index contributed by atoms with van der Waals surface area (Å²) in [4.78, 5) is 0. The fourth-order valence-corrected chi connectivity index (χ4v) is 9.84. The second-order valence-electron chi connectivity index (χ2n) is 15.6. The lowest BCUT2D eigenvalue weighted by molar-refractivity contribution is 0.666. The third-order valence-corrected chi connectivity index (χ3v) is 12.2. The SMILES string of the molecule is CC1(C)c2ccccc2-c2ccc3cc(-c4ccccc4-c4ccccc4-c4c5ccccc5c(-c5ccccc5)c5c4ccc4ccccc45)ccc3c21. The lowest BCUT2D eigenvalue weighted by atomic mass is 9.79. The normalized spacial score (nSPS) is 13.1. The Kier molecular flexibility index (Phi) is 7.00. The van der Waals surface area contributed by atoms with Crippen LogP contribution in [0, 0.1) is 0 Å². The molecule has 11 rings (SSSR count). The monoisotopic (exact) mass is 698 g/mol. The van der Waals surface area contributed by atoms with E-state index in [2.05, 4.69) is 208 Å². The highest BCUT2D eigenvalue weighted by Gasteiger charge is 2.36. The largest absolute Gasteiger partial charge is 0.0622 e. The maximum Gasteiger partial charge on any atom is 0.0165 e. The minimum Gasteiger partial charge on any atom is -0.0622 e. The van der Waals surface area contributed by atoms with Crippen molar-refractivity contribution >= 4 is 43.1 Å². The van der Waals surface area contributed by atoms with Gasteiger partial charge in [0.05, 0.1) is 0 Å². The van der Waals surface area contributed by atoms with Crippen molar-refractivity contribution in [2.75, 3.05) is 0 Å². The average molecular weight is 699 g/mol. The molecule has 0 unspecified atom stereocenters. The molecular formula is C55H38. The van der Waals surface area contributed by atoms with Crippen LogP contribution >= 0.6 is 0 Å². The highest BCUT2D eigenvalue weighted by atomic mass is 14.4. The van der Waals surface area contributed by atoms with Gasteiger partial charge in [0, 0.05) is 5.41 Å². The quantitative estimate of drug-likeness (QED) is 0.127. The average Bonchev–Trinajstić information content (AvgIpc) is 3.49. The van der Waals surface area contributed by atoms with Crippen molar-refractivity contribution in [1.82, 2.24) is 0 Å². The maximum atomic E-state index is 2.40. The molecule has 0 heteroatoms. The van der Waals surface area contributed by atoms with Crippen LogP contribution in [0.1, 0.15) is 25.0 Å². The van der Waals surface area contributed by atoms with Gasteiger partial charge in [0.15, 0.2) is 0 Å². The molecule has 1 aliphatic rings. The molecule has 0 aliphatic heterocycles. The Morgan fingerprint density at radius 1 is 0.309 bits per heavy atom. The fraction of sp³-hybridized carbons (Fsp3) is 0.0545. The van der Waals surface area contributed by atoms with Crippen molar-refractivity contribution < 1.29 is 0 Å². The predicted molar refractivity (Wildman–Crippen MR) is 236 cm³/mol. The minimum absolute atomic E-state index is 0.0588. The van der Waals surface area contributed by atoms with Gasteiger partial charge in [-0.2, -0.15) is 0 Å². The molecule has 0 amide bonds. The molecule has 258 valence electrons. The third-order valence-electron chi connectivity index (χ3n) is 12.2. The van der Waals surface area contributed by atoms with Crippen molar-refractivity contribution in [3.63, 3.8) is 0 Å². The zero-order valence-corrected chi connectivity index (χ0v) is 31.0. The van der Waals surface area contributed by atoms with Crippen LogP contribution in [-0.2, 0) is 5.41 Å². The summed E-state index contributed by atoms with van der Waals surface area (Å²) in [6, 6.07) is 72.1. The van der Waals surface area contributed by atoms with E-state index in [-0.39, 0.29) is 5.41 Å². The second-order valence-corrected chi connectivity index (χ2v) is 15.6. The van der Waals surface area contributed by atoms with Crippen molar-refractivity contribution in [2.45, 2.75) is 19.3 Å². The van der Waals surface area contributed by atoms with Crippen LogP contribution in [-0.4, -0.2) is 0 Å². The summed E-state index contributed by atoms with van der Waals surface area (Å²) in [7, 11) is 0. The van der Waals surface area contributed by atoms with Gasteiger partial charge < -0.3 is 0 Å². The lowest BCUT2D eigenvalue weighted by Crippen LogP contribution is -2.15. The van der Waals surface area contributed by atoms with Crippen LogP contribution in [0.3, 0.4) is 0 Å².